The van der Waals surface area contributed by atoms with E-state index in [1.54, 1.807) is 23.3 Å². The van der Waals surface area contributed by atoms with Crippen molar-refractivity contribution in [1.82, 2.24) is 9.80 Å². The van der Waals surface area contributed by atoms with Gasteiger partial charge in [0, 0.05) is 13.1 Å². The Balaban J connectivity index is 2.05. The third-order valence-electron chi connectivity index (χ3n) is 3.36. The summed E-state index contributed by atoms with van der Waals surface area (Å²) in [6, 6.07) is 2.64. The second-order valence-electron chi connectivity index (χ2n) is 4.57. The molecular formula is C13H18N2O4. The number of carbonyl (C=O) groups excluding carboxylic acids is 1. The van der Waals surface area contributed by atoms with Gasteiger partial charge in [0.25, 0.3) is 0 Å². The van der Waals surface area contributed by atoms with E-state index in [9.17, 15) is 9.59 Å². The van der Waals surface area contributed by atoms with Crippen molar-refractivity contribution >= 4 is 12.0 Å². The van der Waals surface area contributed by atoms with Crippen molar-refractivity contribution in [3.05, 3.63) is 24.2 Å². The second-order valence-corrected chi connectivity index (χ2v) is 4.57. The van der Waals surface area contributed by atoms with Gasteiger partial charge >= 0.3 is 12.0 Å². The zero-order valence-corrected chi connectivity index (χ0v) is 10.9. The highest BCUT2D eigenvalue weighted by Crippen LogP contribution is 2.20. The van der Waals surface area contributed by atoms with Gasteiger partial charge in [0.15, 0.2) is 0 Å². The second kappa shape index (κ2) is 5.77. The first-order valence-electron chi connectivity index (χ1n) is 6.44. The molecule has 0 spiro atoms. The lowest BCUT2D eigenvalue weighted by Gasteiger charge is -2.29. The minimum Gasteiger partial charge on any atom is -0.480 e. The van der Waals surface area contributed by atoms with E-state index in [1.165, 1.54) is 4.90 Å². The number of urea groups is 1. The fraction of sp³-hybridized carbons (Fsp3) is 0.538. The number of aliphatic carboxylic acids is 1. The van der Waals surface area contributed by atoms with Gasteiger partial charge in [-0.15, -0.1) is 0 Å². The lowest BCUT2D eigenvalue weighted by atomic mass is 10.2. The summed E-state index contributed by atoms with van der Waals surface area (Å²) < 4.78 is 5.22. The topological polar surface area (TPSA) is 74.0 Å². The first-order valence-corrected chi connectivity index (χ1v) is 6.44. The molecule has 1 aliphatic heterocycles. The van der Waals surface area contributed by atoms with Crippen LogP contribution in [0.25, 0.3) is 0 Å². The molecule has 6 heteroatoms. The fourth-order valence-electron chi connectivity index (χ4n) is 2.34. The van der Waals surface area contributed by atoms with Crippen molar-refractivity contribution in [3.8, 4) is 0 Å². The van der Waals surface area contributed by atoms with Crippen molar-refractivity contribution in [1.29, 1.82) is 0 Å². The maximum absolute atomic E-state index is 12.4. The van der Waals surface area contributed by atoms with E-state index < -0.39 is 12.0 Å². The minimum atomic E-state index is -0.931. The zero-order chi connectivity index (χ0) is 13.8. The Labute approximate surface area is 111 Å². The monoisotopic (exact) mass is 266 g/mol. The molecule has 1 fully saturated rings. The van der Waals surface area contributed by atoms with Crippen molar-refractivity contribution in [2.45, 2.75) is 32.4 Å². The molecule has 1 saturated heterocycles. The normalized spacial score (nSPS) is 18.6. The summed E-state index contributed by atoms with van der Waals surface area (Å²) in [6.45, 7) is 3.25. The Morgan fingerprint density at radius 3 is 2.95 bits per heavy atom. The van der Waals surface area contributed by atoms with Crippen molar-refractivity contribution < 1.29 is 19.1 Å². The number of hydrogen-bond donors (Lipinski definition) is 1. The number of amides is 2. The van der Waals surface area contributed by atoms with Crippen LogP contribution in [0.4, 0.5) is 4.79 Å². The van der Waals surface area contributed by atoms with Crippen LogP contribution in [0.2, 0.25) is 0 Å². The molecule has 1 atom stereocenters. The number of carboxylic acids is 1. The van der Waals surface area contributed by atoms with Crippen LogP contribution in [0.15, 0.2) is 22.8 Å². The quantitative estimate of drug-likeness (QED) is 0.901. The lowest BCUT2D eigenvalue weighted by Crippen LogP contribution is -2.47. The summed E-state index contributed by atoms with van der Waals surface area (Å²) in [5.74, 6) is -0.235. The molecule has 0 radical (unpaired) electrons. The molecule has 6 nitrogen and oxygen atoms in total. The molecule has 2 amide bonds. The molecular weight excluding hydrogens is 248 g/mol. The maximum atomic E-state index is 12.4. The van der Waals surface area contributed by atoms with Crippen LogP contribution >= 0.6 is 0 Å². The number of carboxylic acid groups (broad SMARTS) is 1. The van der Waals surface area contributed by atoms with Gasteiger partial charge in [-0.05, 0) is 31.9 Å². The molecule has 0 saturated carbocycles. The van der Waals surface area contributed by atoms with Crippen LogP contribution < -0.4 is 0 Å². The Hall–Kier alpha value is -1.98. The Bertz CT molecular complexity index is 444. The fourth-order valence-corrected chi connectivity index (χ4v) is 2.34. The predicted molar refractivity (Wildman–Crippen MR) is 67.6 cm³/mol. The average Bonchev–Trinajstić information content (AvgIpc) is 3.05. The van der Waals surface area contributed by atoms with Gasteiger partial charge in [-0.2, -0.15) is 0 Å². The van der Waals surface area contributed by atoms with Crippen molar-refractivity contribution in [2.24, 2.45) is 0 Å². The smallest absolute Gasteiger partial charge is 0.326 e. The largest absolute Gasteiger partial charge is 0.480 e. The molecule has 0 aromatic carbocycles. The molecule has 0 unspecified atom stereocenters. The summed E-state index contributed by atoms with van der Waals surface area (Å²) in [7, 11) is 0. The summed E-state index contributed by atoms with van der Waals surface area (Å²) in [4.78, 5) is 26.5. The number of nitrogens with zero attached hydrogens (tertiary/aromatic N) is 2. The number of carbonyl (C=O) groups is 2. The van der Waals surface area contributed by atoms with Crippen LogP contribution in [-0.2, 0) is 11.3 Å². The van der Waals surface area contributed by atoms with E-state index in [0.717, 1.165) is 6.42 Å². The number of hydrogen-bond acceptors (Lipinski definition) is 3. The van der Waals surface area contributed by atoms with Crippen LogP contribution in [-0.4, -0.2) is 46.0 Å². The predicted octanol–water partition coefficient (Wildman–Crippen LogP) is 1.77. The van der Waals surface area contributed by atoms with E-state index in [1.807, 2.05) is 6.92 Å². The minimum absolute atomic E-state index is 0.233. The highest BCUT2D eigenvalue weighted by Gasteiger charge is 2.35. The third-order valence-corrected chi connectivity index (χ3v) is 3.36. The first-order chi connectivity index (χ1) is 9.13. The van der Waals surface area contributed by atoms with Gasteiger partial charge in [0.05, 0.1) is 12.8 Å². The molecule has 19 heavy (non-hydrogen) atoms. The van der Waals surface area contributed by atoms with Crippen LogP contribution in [0.3, 0.4) is 0 Å². The van der Waals surface area contributed by atoms with Gasteiger partial charge in [0.1, 0.15) is 11.8 Å². The number of rotatable bonds is 4. The van der Waals surface area contributed by atoms with E-state index >= 15 is 0 Å². The van der Waals surface area contributed by atoms with Gasteiger partial charge in [-0.1, -0.05) is 0 Å². The maximum Gasteiger partial charge on any atom is 0.326 e. The van der Waals surface area contributed by atoms with Gasteiger partial charge in [-0.3, -0.25) is 0 Å². The Kier molecular flexibility index (Phi) is 4.09. The third kappa shape index (κ3) is 2.89. The Morgan fingerprint density at radius 2 is 2.37 bits per heavy atom. The average molecular weight is 266 g/mol. The van der Waals surface area contributed by atoms with E-state index in [-0.39, 0.29) is 6.03 Å². The van der Waals surface area contributed by atoms with Gasteiger partial charge in [0.2, 0.25) is 0 Å². The number of furan rings is 1. The molecule has 1 aromatic heterocycles. The van der Waals surface area contributed by atoms with E-state index in [4.69, 9.17) is 9.52 Å². The first kappa shape index (κ1) is 13.5. The standard InChI is InChI=1S/C13H18N2O4/c1-2-14(9-10-5-4-8-19-10)13(18)15-7-3-6-11(15)12(16)17/h4-5,8,11H,2-3,6-7,9H2,1H3,(H,16,17)/t11-/m1/s1. The van der Waals surface area contributed by atoms with E-state index in [2.05, 4.69) is 0 Å². The molecule has 1 N–H and O–H groups in total. The molecule has 2 rings (SSSR count). The zero-order valence-electron chi connectivity index (χ0n) is 10.9. The molecule has 1 aliphatic rings. The number of likely N-dealkylation sites (tertiary alicyclic amines) is 1. The molecule has 2 heterocycles. The van der Waals surface area contributed by atoms with Crippen molar-refractivity contribution in [3.63, 3.8) is 0 Å². The molecule has 104 valence electrons. The summed E-state index contributed by atoms with van der Waals surface area (Å²) in [5, 5.41) is 9.11. The van der Waals surface area contributed by atoms with Crippen LogP contribution in [0.5, 0.6) is 0 Å². The molecule has 0 aliphatic carbocycles. The SMILES string of the molecule is CCN(Cc1ccco1)C(=O)N1CCC[C@@H]1C(=O)O. The highest BCUT2D eigenvalue weighted by molar-refractivity contribution is 5.83. The van der Waals surface area contributed by atoms with Crippen molar-refractivity contribution in [2.75, 3.05) is 13.1 Å². The van der Waals surface area contributed by atoms with Crippen LogP contribution in [0, 0.1) is 0 Å². The Morgan fingerprint density at radius 1 is 1.58 bits per heavy atom. The van der Waals surface area contributed by atoms with Gasteiger partial charge < -0.3 is 19.3 Å². The lowest BCUT2D eigenvalue weighted by molar-refractivity contribution is -0.141. The highest BCUT2D eigenvalue weighted by atomic mass is 16.4. The van der Waals surface area contributed by atoms with Crippen LogP contribution in [0.1, 0.15) is 25.5 Å². The van der Waals surface area contributed by atoms with Gasteiger partial charge in [-0.25, -0.2) is 9.59 Å². The summed E-state index contributed by atoms with van der Waals surface area (Å²) in [5.41, 5.74) is 0. The van der Waals surface area contributed by atoms with E-state index in [0.29, 0.717) is 31.8 Å². The summed E-state index contributed by atoms with van der Waals surface area (Å²) in [6.07, 6.45) is 2.82. The summed E-state index contributed by atoms with van der Waals surface area (Å²) >= 11 is 0. The molecule has 0 bridgehead atoms. The molecule has 1 aromatic rings.